The summed E-state index contributed by atoms with van der Waals surface area (Å²) >= 11 is 0. The molecule has 2 aromatic rings. The molecule has 1 aromatic carbocycles. The van der Waals surface area contributed by atoms with E-state index in [0.29, 0.717) is 18.7 Å². The standard InChI is InChI=1S/C19H22N2O4/c1-2-25-17-10-4-3-7-15(17)8-5-13-21-14-6-9-16(19(21)23)11-12-18(22)20-24/h3-4,6-7,9-12,14,24H,2,5,8,13H2,1H3,(H,20,22)/b12-11+. The van der Waals surface area contributed by atoms with Crippen LogP contribution in [0.2, 0.25) is 0 Å². The topological polar surface area (TPSA) is 80.6 Å². The van der Waals surface area contributed by atoms with Gasteiger partial charge in [0.15, 0.2) is 0 Å². The van der Waals surface area contributed by atoms with Gasteiger partial charge in [-0.2, -0.15) is 0 Å². The van der Waals surface area contributed by atoms with E-state index in [2.05, 4.69) is 0 Å². The van der Waals surface area contributed by atoms with Crippen molar-refractivity contribution in [3.63, 3.8) is 0 Å². The Morgan fingerprint density at radius 2 is 2.08 bits per heavy atom. The predicted molar refractivity (Wildman–Crippen MR) is 95.6 cm³/mol. The maximum Gasteiger partial charge on any atom is 0.267 e. The second-order valence-corrected chi connectivity index (χ2v) is 5.42. The van der Waals surface area contributed by atoms with Crippen LogP contribution in [-0.4, -0.2) is 22.3 Å². The SMILES string of the molecule is CCOc1ccccc1CCCn1cccc(/C=C/C(=O)NO)c1=O. The molecular formula is C19H22N2O4. The average molecular weight is 342 g/mol. The molecule has 2 rings (SSSR count). The number of para-hydroxylation sites is 1. The van der Waals surface area contributed by atoms with Crippen LogP contribution in [0, 0.1) is 0 Å². The van der Waals surface area contributed by atoms with Crippen molar-refractivity contribution in [2.75, 3.05) is 6.61 Å². The highest BCUT2D eigenvalue weighted by molar-refractivity contribution is 5.90. The van der Waals surface area contributed by atoms with Gasteiger partial charge in [-0.3, -0.25) is 14.8 Å². The molecule has 0 atom stereocenters. The van der Waals surface area contributed by atoms with Crippen molar-refractivity contribution in [1.29, 1.82) is 0 Å². The number of ether oxygens (including phenoxy) is 1. The van der Waals surface area contributed by atoms with Gasteiger partial charge in [-0.05, 0) is 49.6 Å². The Kier molecular flexibility index (Phi) is 6.98. The molecule has 0 saturated carbocycles. The quantitative estimate of drug-likeness (QED) is 0.438. The Labute approximate surface area is 146 Å². The van der Waals surface area contributed by atoms with E-state index in [4.69, 9.17) is 9.94 Å². The molecule has 6 nitrogen and oxygen atoms in total. The highest BCUT2D eigenvalue weighted by atomic mass is 16.5. The van der Waals surface area contributed by atoms with Crippen LogP contribution in [0.3, 0.4) is 0 Å². The number of rotatable bonds is 8. The van der Waals surface area contributed by atoms with Crippen LogP contribution in [0.25, 0.3) is 6.08 Å². The molecule has 0 radical (unpaired) electrons. The van der Waals surface area contributed by atoms with Gasteiger partial charge in [-0.25, -0.2) is 5.48 Å². The fraction of sp³-hybridized carbons (Fsp3) is 0.263. The molecule has 1 heterocycles. The Hall–Kier alpha value is -2.86. The Morgan fingerprint density at radius 3 is 2.84 bits per heavy atom. The van der Waals surface area contributed by atoms with E-state index in [-0.39, 0.29) is 5.56 Å². The molecular weight excluding hydrogens is 320 g/mol. The summed E-state index contributed by atoms with van der Waals surface area (Å²) in [6.07, 6.45) is 5.80. The summed E-state index contributed by atoms with van der Waals surface area (Å²) in [6.45, 7) is 3.13. The van der Waals surface area contributed by atoms with Crippen LogP contribution in [0.5, 0.6) is 5.75 Å². The molecule has 25 heavy (non-hydrogen) atoms. The maximum atomic E-state index is 12.4. The van der Waals surface area contributed by atoms with Crippen molar-refractivity contribution in [2.45, 2.75) is 26.3 Å². The molecule has 6 heteroatoms. The monoisotopic (exact) mass is 342 g/mol. The summed E-state index contributed by atoms with van der Waals surface area (Å²) in [6, 6.07) is 11.3. The van der Waals surface area contributed by atoms with Gasteiger partial charge in [-0.15, -0.1) is 0 Å². The number of hydroxylamine groups is 1. The Morgan fingerprint density at radius 1 is 1.28 bits per heavy atom. The van der Waals surface area contributed by atoms with Gasteiger partial charge in [0.1, 0.15) is 5.75 Å². The van der Waals surface area contributed by atoms with Gasteiger partial charge in [0.25, 0.3) is 11.5 Å². The van der Waals surface area contributed by atoms with E-state index in [1.807, 2.05) is 31.2 Å². The minimum Gasteiger partial charge on any atom is -0.494 e. The number of nitrogens with one attached hydrogen (secondary N) is 1. The zero-order valence-electron chi connectivity index (χ0n) is 14.1. The van der Waals surface area contributed by atoms with Gasteiger partial charge in [-0.1, -0.05) is 18.2 Å². The summed E-state index contributed by atoms with van der Waals surface area (Å²) in [5.41, 5.74) is 2.82. The number of benzene rings is 1. The van der Waals surface area contributed by atoms with Crippen LogP contribution in [0.15, 0.2) is 53.5 Å². The van der Waals surface area contributed by atoms with Crippen molar-refractivity contribution in [1.82, 2.24) is 10.0 Å². The highest BCUT2D eigenvalue weighted by Gasteiger charge is 2.04. The third kappa shape index (κ3) is 5.32. The third-order valence-electron chi connectivity index (χ3n) is 3.69. The fourth-order valence-corrected chi connectivity index (χ4v) is 2.51. The fourth-order valence-electron chi connectivity index (χ4n) is 2.51. The average Bonchev–Trinajstić information content (AvgIpc) is 2.63. The smallest absolute Gasteiger partial charge is 0.267 e. The first-order valence-corrected chi connectivity index (χ1v) is 8.18. The predicted octanol–water partition coefficient (Wildman–Crippen LogP) is 2.40. The van der Waals surface area contributed by atoms with Gasteiger partial charge in [0, 0.05) is 24.4 Å². The van der Waals surface area contributed by atoms with Crippen molar-refractivity contribution < 1.29 is 14.7 Å². The lowest BCUT2D eigenvalue weighted by atomic mass is 10.1. The second kappa shape index (κ2) is 9.44. The summed E-state index contributed by atoms with van der Waals surface area (Å²) in [5, 5.41) is 8.48. The zero-order valence-corrected chi connectivity index (χ0v) is 14.1. The van der Waals surface area contributed by atoms with Crippen LogP contribution in [0.1, 0.15) is 24.5 Å². The molecule has 0 fully saturated rings. The molecule has 0 unspecified atom stereocenters. The zero-order chi connectivity index (χ0) is 18.1. The lowest BCUT2D eigenvalue weighted by molar-refractivity contribution is -0.124. The van der Waals surface area contributed by atoms with Crippen LogP contribution in [0.4, 0.5) is 0 Å². The number of hydrogen-bond acceptors (Lipinski definition) is 4. The molecule has 0 aliphatic heterocycles. The van der Waals surface area contributed by atoms with Crippen molar-refractivity contribution in [2.24, 2.45) is 0 Å². The lowest BCUT2D eigenvalue weighted by Gasteiger charge is -2.11. The minimum atomic E-state index is -0.678. The minimum absolute atomic E-state index is 0.178. The third-order valence-corrected chi connectivity index (χ3v) is 3.69. The molecule has 132 valence electrons. The van der Waals surface area contributed by atoms with Crippen molar-refractivity contribution in [3.05, 3.63) is 70.2 Å². The highest BCUT2D eigenvalue weighted by Crippen LogP contribution is 2.19. The van der Waals surface area contributed by atoms with Gasteiger partial charge in [0.05, 0.1) is 6.61 Å². The van der Waals surface area contributed by atoms with E-state index < -0.39 is 5.91 Å². The maximum absolute atomic E-state index is 12.4. The molecule has 0 aliphatic rings. The van der Waals surface area contributed by atoms with Crippen LogP contribution >= 0.6 is 0 Å². The summed E-state index contributed by atoms with van der Waals surface area (Å²) < 4.78 is 7.22. The van der Waals surface area contributed by atoms with E-state index in [9.17, 15) is 9.59 Å². The number of nitrogens with zero attached hydrogens (tertiary/aromatic N) is 1. The molecule has 1 amide bonds. The van der Waals surface area contributed by atoms with E-state index in [0.717, 1.165) is 30.2 Å². The van der Waals surface area contributed by atoms with E-state index >= 15 is 0 Å². The molecule has 1 aromatic heterocycles. The first-order valence-electron chi connectivity index (χ1n) is 8.18. The summed E-state index contributed by atoms with van der Waals surface area (Å²) in [4.78, 5) is 23.4. The largest absolute Gasteiger partial charge is 0.494 e. The normalized spacial score (nSPS) is 10.8. The van der Waals surface area contributed by atoms with Crippen LogP contribution in [-0.2, 0) is 17.8 Å². The number of pyridine rings is 1. The van der Waals surface area contributed by atoms with Crippen molar-refractivity contribution >= 4 is 12.0 Å². The summed E-state index contributed by atoms with van der Waals surface area (Å²) in [7, 11) is 0. The van der Waals surface area contributed by atoms with E-state index in [1.54, 1.807) is 22.9 Å². The van der Waals surface area contributed by atoms with Crippen LogP contribution < -0.4 is 15.8 Å². The van der Waals surface area contributed by atoms with E-state index in [1.165, 1.54) is 11.6 Å². The van der Waals surface area contributed by atoms with Gasteiger partial charge < -0.3 is 9.30 Å². The van der Waals surface area contributed by atoms with Gasteiger partial charge in [0.2, 0.25) is 0 Å². The molecule has 0 saturated heterocycles. The number of aryl methyl sites for hydroxylation is 2. The molecule has 2 N–H and O–H groups in total. The Bertz CT molecular complexity index is 796. The first-order chi connectivity index (χ1) is 12.2. The number of hydrogen-bond donors (Lipinski definition) is 2. The van der Waals surface area contributed by atoms with Crippen molar-refractivity contribution in [3.8, 4) is 5.75 Å². The Balaban J connectivity index is 2.03. The number of amides is 1. The molecule has 0 aliphatic carbocycles. The number of carbonyl (C=O) groups is 1. The first kappa shape index (κ1) is 18.5. The molecule has 0 bridgehead atoms. The molecule has 0 spiro atoms. The van der Waals surface area contributed by atoms with Gasteiger partial charge >= 0.3 is 0 Å². The number of aromatic nitrogens is 1. The summed E-state index contributed by atoms with van der Waals surface area (Å²) in [5.74, 6) is 0.200. The second-order valence-electron chi connectivity index (χ2n) is 5.42. The lowest BCUT2D eigenvalue weighted by Crippen LogP contribution is -2.22. The number of carbonyl (C=O) groups excluding carboxylic acids is 1.